The van der Waals surface area contributed by atoms with Crippen molar-refractivity contribution in [2.75, 3.05) is 0 Å². The average Bonchev–Trinajstić information content (AvgIpc) is 2.35. The molecule has 0 aliphatic heterocycles. The Hall–Kier alpha value is -1.14. The van der Waals surface area contributed by atoms with E-state index in [-0.39, 0.29) is 9.99 Å². The molecule has 0 unspecified atom stereocenters. The summed E-state index contributed by atoms with van der Waals surface area (Å²) in [5, 5.41) is 0.563. The van der Waals surface area contributed by atoms with E-state index in [9.17, 15) is 13.3 Å². The lowest BCUT2D eigenvalue weighted by atomic mass is 10.1. The number of pyridine rings is 1. The van der Waals surface area contributed by atoms with Gasteiger partial charge < -0.3 is 9.79 Å². The summed E-state index contributed by atoms with van der Waals surface area (Å²) >= 11 is 2.91. The largest absolute Gasteiger partial charge is 0.399 e. The van der Waals surface area contributed by atoms with E-state index >= 15 is 0 Å². The fraction of sp³-hybridized carbons (Fsp3) is 0.0833. The summed E-state index contributed by atoms with van der Waals surface area (Å²) < 4.78 is 38.4. The van der Waals surface area contributed by atoms with Crippen LogP contribution < -0.4 is 0 Å². The molecule has 0 bridgehead atoms. The Morgan fingerprint density at radius 1 is 1.35 bits per heavy atom. The van der Waals surface area contributed by atoms with Gasteiger partial charge in [-0.1, -0.05) is 28.6 Å². The molecule has 1 heterocycles. The van der Waals surface area contributed by atoms with Gasteiger partial charge in [0.25, 0.3) is 0 Å². The molecule has 20 heavy (non-hydrogen) atoms. The van der Waals surface area contributed by atoms with Gasteiger partial charge in [0.2, 0.25) is 0 Å². The molecule has 0 amide bonds. The SMILES string of the molecule is C=Cc1ccc2cc(Br)c(C(F)(F)P(=O)(O)O)cc2n1. The number of nitrogens with zero attached hydrogens (tertiary/aromatic N) is 1. The molecular weight excluding hydrogens is 355 g/mol. The van der Waals surface area contributed by atoms with E-state index < -0.39 is 18.8 Å². The van der Waals surface area contributed by atoms with Crippen molar-refractivity contribution in [3.05, 3.63) is 46.6 Å². The number of hydrogen-bond acceptors (Lipinski definition) is 2. The molecule has 0 aliphatic carbocycles. The van der Waals surface area contributed by atoms with Crippen molar-refractivity contribution >= 4 is 40.5 Å². The summed E-state index contributed by atoms with van der Waals surface area (Å²) in [5.74, 6) is 0. The molecule has 1 aromatic heterocycles. The summed E-state index contributed by atoms with van der Waals surface area (Å²) in [4.78, 5) is 21.7. The maximum atomic E-state index is 13.8. The van der Waals surface area contributed by atoms with Gasteiger partial charge in [-0.15, -0.1) is 0 Å². The Kier molecular flexibility index (Phi) is 3.81. The van der Waals surface area contributed by atoms with Gasteiger partial charge in [0.05, 0.1) is 11.2 Å². The summed E-state index contributed by atoms with van der Waals surface area (Å²) in [6.45, 7) is 3.52. The van der Waals surface area contributed by atoms with Gasteiger partial charge >= 0.3 is 13.3 Å². The summed E-state index contributed by atoms with van der Waals surface area (Å²) in [7, 11) is -5.63. The van der Waals surface area contributed by atoms with Crippen molar-refractivity contribution in [2.24, 2.45) is 0 Å². The number of alkyl halides is 2. The highest BCUT2D eigenvalue weighted by Crippen LogP contribution is 2.60. The van der Waals surface area contributed by atoms with E-state index in [1.54, 1.807) is 12.1 Å². The molecule has 8 heteroatoms. The number of halogens is 3. The first-order valence-corrected chi connectivity index (χ1v) is 7.74. The van der Waals surface area contributed by atoms with E-state index in [0.717, 1.165) is 6.07 Å². The van der Waals surface area contributed by atoms with Crippen LogP contribution >= 0.6 is 23.5 Å². The van der Waals surface area contributed by atoms with Crippen molar-refractivity contribution in [3.8, 4) is 0 Å². The highest BCUT2D eigenvalue weighted by atomic mass is 79.9. The fourth-order valence-corrected chi connectivity index (χ4v) is 2.92. The Balaban J connectivity index is 2.74. The summed E-state index contributed by atoms with van der Waals surface area (Å²) in [5.41, 5.74) is -4.41. The summed E-state index contributed by atoms with van der Waals surface area (Å²) in [6, 6.07) is 5.62. The second-order valence-corrected chi connectivity index (χ2v) is 6.55. The molecule has 0 spiro atoms. The van der Waals surface area contributed by atoms with Crippen LogP contribution in [0.25, 0.3) is 17.0 Å². The van der Waals surface area contributed by atoms with Crippen molar-refractivity contribution in [3.63, 3.8) is 0 Å². The quantitative estimate of drug-likeness (QED) is 0.812. The minimum atomic E-state index is -5.63. The predicted octanol–water partition coefficient (Wildman–Crippen LogP) is 3.87. The van der Waals surface area contributed by atoms with Gasteiger partial charge in [-0.3, -0.25) is 4.57 Å². The lowest BCUT2D eigenvalue weighted by molar-refractivity contribution is 0.0558. The molecule has 1 aromatic carbocycles. The second kappa shape index (κ2) is 5.00. The molecule has 2 aromatic rings. The first kappa shape index (κ1) is 15.3. The standard InChI is InChI=1S/C12H9BrF2NO3P/c1-2-8-4-3-7-5-10(13)9(6-11(7)16-8)12(14,15)20(17,18)19/h2-6H,1H2,(H2,17,18,19). The monoisotopic (exact) mass is 363 g/mol. The van der Waals surface area contributed by atoms with Crippen molar-refractivity contribution in [1.29, 1.82) is 0 Å². The van der Waals surface area contributed by atoms with Gasteiger partial charge in [0.15, 0.2) is 0 Å². The van der Waals surface area contributed by atoms with Crippen LogP contribution in [0.4, 0.5) is 8.78 Å². The van der Waals surface area contributed by atoms with E-state index in [1.165, 1.54) is 12.1 Å². The molecule has 0 atom stereocenters. The number of fused-ring (bicyclic) bond motifs is 1. The van der Waals surface area contributed by atoms with Gasteiger partial charge in [0.1, 0.15) is 0 Å². The third-order valence-electron chi connectivity index (χ3n) is 2.70. The first-order chi connectivity index (χ1) is 9.16. The van der Waals surface area contributed by atoms with Crippen LogP contribution in [-0.2, 0) is 10.2 Å². The molecule has 0 saturated carbocycles. The van der Waals surface area contributed by atoms with Gasteiger partial charge in [-0.2, -0.15) is 8.78 Å². The number of rotatable bonds is 3. The zero-order valence-electron chi connectivity index (χ0n) is 9.92. The van der Waals surface area contributed by atoms with Crippen LogP contribution in [0.5, 0.6) is 0 Å². The van der Waals surface area contributed by atoms with Crippen LogP contribution in [0, 0.1) is 0 Å². The number of hydrogen-bond donors (Lipinski definition) is 2. The maximum absolute atomic E-state index is 13.8. The van der Waals surface area contributed by atoms with Crippen LogP contribution in [0.3, 0.4) is 0 Å². The van der Waals surface area contributed by atoms with E-state index in [2.05, 4.69) is 27.5 Å². The fourth-order valence-electron chi connectivity index (χ4n) is 1.66. The molecule has 106 valence electrons. The van der Waals surface area contributed by atoms with Gasteiger partial charge in [0, 0.05) is 15.4 Å². The van der Waals surface area contributed by atoms with Crippen LogP contribution in [-0.4, -0.2) is 14.8 Å². The molecule has 0 aliphatic rings. The molecule has 0 fully saturated rings. The maximum Gasteiger partial charge on any atom is 0.399 e. The third kappa shape index (κ3) is 2.54. The highest BCUT2D eigenvalue weighted by Gasteiger charge is 2.51. The minimum Gasteiger partial charge on any atom is -0.320 e. The zero-order chi connectivity index (χ0) is 15.1. The first-order valence-electron chi connectivity index (χ1n) is 5.33. The zero-order valence-corrected chi connectivity index (χ0v) is 12.4. The number of aromatic nitrogens is 1. The Bertz CT molecular complexity index is 745. The highest BCUT2D eigenvalue weighted by molar-refractivity contribution is 9.10. The normalized spacial score (nSPS) is 12.7. The minimum absolute atomic E-state index is 0.0912. The van der Waals surface area contributed by atoms with Crippen molar-refractivity contribution < 1.29 is 23.1 Å². The van der Waals surface area contributed by atoms with E-state index in [0.29, 0.717) is 11.1 Å². The predicted molar refractivity (Wildman–Crippen MR) is 75.5 cm³/mol. The van der Waals surface area contributed by atoms with Crippen molar-refractivity contribution in [2.45, 2.75) is 5.66 Å². The van der Waals surface area contributed by atoms with E-state index in [4.69, 9.17) is 9.79 Å². The lowest BCUT2D eigenvalue weighted by Crippen LogP contribution is -2.14. The van der Waals surface area contributed by atoms with Crippen LogP contribution in [0.2, 0.25) is 0 Å². The number of benzene rings is 1. The molecule has 0 radical (unpaired) electrons. The molecular formula is C12H9BrF2NO3P. The topological polar surface area (TPSA) is 70.4 Å². The Labute approximate surface area is 121 Å². The summed E-state index contributed by atoms with van der Waals surface area (Å²) in [6.07, 6.45) is 1.45. The van der Waals surface area contributed by atoms with Gasteiger partial charge in [-0.05, 0) is 24.3 Å². The smallest absolute Gasteiger partial charge is 0.320 e. The Morgan fingerprint density at radius 3 is 2.55 bits per heavy atom. The van der Waals surface area contributed by atoms with Gasteiger partial charge in [-0.25, -0.2) is 4.98 Å². The van der Waals surface area contributed by atoms with Crippen molar-refractivity contribution in [1.82, 2.24) is 4.98 Å². The average molecular weight is 364 g/mol. The van der Waals surface area contributed by atoms with E-state index in [1.807, 2.05) is 0 Å². The molecule has 4 nitrogen and oxygen atoms in total. The molecule has 2 N–H and O–H groups in total. The lowest BCUT2D eigenvalue weighted by Gasteiger charge is -2.19. The second-order valence-electron chi connectivity index (χ2n) is 4.05. The van der Waals surface area contributed by atoms with Crippen LogP contribution in [0.1, 0.15) is 11.3 Å². The Morgan fingerprint density at radius 2 is 2.00 bits per heavy atom. The third-order valence-corrected chi connectivity index (χ3v) is 4.33. The van der Waals surface area contributed by atoms with Crippen LogP contribution in [0.15, 0.2) is 35.3 Å². The molecule has 2 rings (SSSR count). The molecule has 0 saturated heterocycles.